The van der Waals surface area contributed by atoms with E-state index in [1.54, 1.807) is 30.0 Å². The second-order valence-electron chi connectivity index (χ2n) is 6.64. The number of halogens is 1. The van der Waals surface area contributed by atoms with Crippen LogP contribution in [0.5, 0.6) is 0 Å². The van der Waals surface area contributed by atoms with Crippen LogP contribution in [0.2, 0.25) is 0 Å². The molecule has 25 heavy (non-hydrogen) atoms. The lowest BCUT2D eigenvalue weighted by molar-refractivity contribution is -0.131. The number of likely N-dealkylation sites (tertiary alicyclic amines) is 1. The van der Waals surface area contributed by atoms with Crippen molar-refractivity contribution < 1.29 is 19.1 Å². The van der Waals surface area contributed by atoms with Crippen LogP contribution in [0.4, 0.5) is 4.39 Å². The number of hydrogen-bond donors (Lipinski definition) is 1. The lowest BCUT2D eigenvalue weighted by Crippen LogP contribution is -2.43. The Morgan fingerprint density at radius 1 is 1.32 bits per heavy atom. The number of rotatable bonds is 6. The number of carbonyl (C=O) groups excluding carboxylic acids is 1. The Labute approximate surface area is 151 Å². The molecule has 1 saturated heterocycles. The minimum absolute atomic E-state index is 0.00906. The number of hydrogen-bond acceptors (Lipinski definition) is 4. The zero-order chi connectivity index (χ0) is 18.0. The predicted octanol–water partition coefficient (Wildman–Crippen LogP) is 3.29. The van der Waals surface area contributed by atoms with E-state index in [0.29, 0.717) is 18.7 Å². The van der Waals surface area contributed by atoms with Crippen LogP contribution in [0.15, 0.2) is 35.9 Å². The summed E-state index contributed by atoms with van der Waals surface area (Å²) < 4.78 is 14.4. The zero-order valence-electron chi connectivity index (χ0n) is 14.2. The van der Waals surface area contributed by atoms with Gasteiger partial charge in [-0.15, -0.1) is 0 Å². The summed E-state index contributed by atoms with van der Waals surface area (Å²) in [5.74, 6) is -1.29. The average Bonchev–Trinajstić information content (AvgIpc) is 3.41. The molecule has 1 saturated carbocycles. The summed E-state index contributed by atoms with van der Waals surface area (Å²) in [4.78, 5) is 26.0. The fourth-order valence-electron chi connectivity index (χ4n) is 3.49. The molecule has 4 nitrogen and oxygen atoms in total. The molecule has 0 spiro atoms. The molecule has 1 N–H and O–H groups in total. The van der Waals surface area contributed by atoms with E-state index in [1.165, 1.54) is 12.1 Å². The highest BCUT2D eigenvalue weighted by molar-refractivity contribution is 7.99. The molecule has 1 aliphatic carbocycles. The van der Waals surface area contributed by atoms with E-state index in [0.717, 1.165) is 24.8 Å². The smallest absolute Gasteiger partial charge is 0.328 e. The maximum Gasteiger partial charge on any atom is 0.328 e. The van der Waals surface area contributed by atoms with Crippen molar-refractivity contribution in [3.05, 3.63) is 47.3 Å². The Morgan fingerprint density at radius 3 is 2.64 bits per heavy atom. The molecule has 134 valence electrons. The Balaban J connectivity index is 1.92. The Kier molecular flexibility index (Phi) is 5.59. The summed E-state index contributed by atoms with van der Waals surface area (Å²) in [6, 6.07) is 5.78. The standard InChI is InChI=1S/C19H22FNO3S/c1-25-16-8-9-21(11-13(16)10-17(22)23)18(19(24)12-6-7-12)14-4-2-3-5-15(14)20/h2-5,10,12,16,18H,6-9,11H2,1H3,(H,22,23)/b13-10+. The highest BCUT2D eigenvalue weighted by atomic mass is 32.2. The SMILES string of the molecule is CSC1CCN(C(C(=O)C2CC2)c2ccccc2F)C/C1=C\C(=O)O. The Bertz CT molecular complexity index is 702. The van der Waals surface area contributed by atoms with E-state index < -0.39 is 12.0 Å². The third kappa shape index (κ3) is 4.12. The summed E-state index contributed by atoms with van der Waals surface area (Å²) in [5.41, 5.74) is 1.19. The summed E-state index contributed by atoms with van der Waals surface area (Å²) >= 11 is 1.62. The number of piperidine rings is 1. The Morgan fingerprint density at radius 2 is 2.04 bits per heavy atom. The molecule has 1 aliphatic heterocycles. The van der Waals surface area contributed by atoms with Gasteiger partial charge in [0.25, 0.3) is 0 Å². The molecule has 0 bridgehead atoms. The van der Waals surface area contributed by atoms with Gasteiger partial charge in [-0.2, -0.15) is 11.8 Å². The molecule has 6 heteroatoms. The fraction of sp³-hybridized carbons (Fsp3) is 0.474. The van der Waals surface area contributed by atoms with Crippen LogP contribution in [-0.2, 0) is 9.59 Å². The van der Waals surface area contributed by atoms with Crippen molar-refractivity contribution in [3.8, 4) is 0 Å². The third-order valence-electron chi connectivity index (χ3n) is 4.89. The van der Waals surface area contributed by atoms with Crippen molar-refractivity contribution in [2.45, 2.75) is 30.6 Å². The van der Waals surface area contributed by atoms with Crippen LogP contribution < -0.4 is 0 Å². The molecule has 2 aliphatic rings. The van der Waals surface area contributed by atoms with E-state index in [9.17, 15) is 14.0 Å². The number of thioether (sulfide) groups is 1. The molecule has 2 fully saturated rings. The van der Waals surface area contributed by atoms with Crippen LogP contribution in [0.1, 0.15) is 30.9 Å². The first-order valence-electron chi connectivity index (χ1n) is 8.49. The van der Waals surface area contributed by atoms with Crippen LogP contribution in [-0.4, -0.2) is 46.4 Å². The Hall–Kier alpha value is -1.66. The molecule has 2 atom stereocenters. The second kappa shape index (κ2) is 7.70. The van der Waals surface area contributed by atoms with E-state index in [2.05, 4.69) is 0 Å². The number of ketones is 1. The first-order valence-corrected chi connectivity index (χ1v) is 9.78. The van der Waals surface area contributed by atoms with Gasteiger partial charge in [-0.25, -0.2) is 9.18 Å². The van der Waals surface area contributed by atoms with Crippen LogP contribution >= 0.6 is 11.8 Å². The van der Waals surface area contributed by atoms with Gasteiger partial charge in [0, 0.05) is 35.9 Å². The topological polar surface area (TPSA) is 57.6 Å². The third-order valence-corrected chi connectivity index (χ3v) is 5.99. The normalized spacial score (nSPS) is 24.2. The van der Waals surface area contributed by atoms with Gasteiger partial charge in [0.15, 0.2) is 5.78 Å². The summed E-state index contributed by atoms with van der Waals surface area (Å²) in [6.45, 7) is 1.04. The monoisotopic (exact) mass is 363 g/mol. The summed E-state index contributed by atoms with van der Waals surface area (Å²) in [5, 5.41) is 9.27. The van der Waals surface area contributed by atoms with E-state index >= 15 is 0 Å². The number of benzene rings is 1. The second-order valence-corrected chi connectivity index (χ2v) is 7.68. The van der Waals surface area contributed by atoms with E-state index in [-0.39, 0.29) is 22.8 Å². The number of carboxylic acid groups (broad SMARTS) is 1. The van der Waals surface area contributed by atoms with Crippen LogP contribution in [0, 0.1) is 11.7 Å². The average molecular weight is 363 g/mol. The van der Waals surface area contributed by atoms with Crippen molar-refractivity contribution >= 4 is 23.5 Å². The minimum atomic E-state index is -0.980. The van der Waals surface area contributed by atoms with Gasteiger partial charge in [-0.05, 0) is 37.2 Å². The van der Waals surface area contributed by atoms with E-state index in [1.807, 2.05) is 11.2 Å². The molecule has 2 unspecified atom stereocenters. The number of Topliss-reactive ketones (excluding diaryl/α,β-unsaturated/α-hetero) is 1. The minimum Gasteiger partial charge on any atom is -0.478 e. The van der Waals surface area contributed by atoms with Gasteiger partial charge >= 0.3 is 5.97 Å². The number of carboxylic acids is 1. The van der Waals surface area contributed by atoms with Gasteiger partial charge in [0.05, 0.1) is 6.04 Å². The molecular weight excluding hydrogens is 341 g/mol. The fourth-order valence-corrected chi connectivity index (χ4v) is 4.27. The van der Waals surface area contributed by atoms with Gasteiger partial charge in [-0.3, -0.25) is 9.69 Å². The van der Waals surface area contributed by atoms with Crippen molar-refractivity contribution in [1.82, 2.24) is 4.90 Å². The zero-order valence-corrected chi connectivity index (χ0v) is 15.0. The molecule has 1 aromatic rings. The number of nitrogens with zero attached hydrogens (tertiary/aromatic N) is 1. The van der Waals surface area contributed by atoms with Crippen molar-refractivity contribution in [3.63, 3.8) is 0 Å². The molecule has 1 aromatic carbocycles. The lowest BCUT2D eigenvalue weighted by Gasteiger charge is -2.38. The highest BCUT2D eigenvalue weighted by Crippen LogP contribution is 2.40. The highest BCUT2D eigenvalue weighted by Gasteiger charge is 2.41. The van der Waals surface area contributed by atoms with Gasteiger partial charge in [-0.1, -0.05) is 18.2 Å². The molecule has 1 heterocycles. The predicted molar refractivity (Wildman–Crippen MR) is 96.1 cm³/mol. The first kappa shape index (κ1) is 18.1. The van der Waals surface area contributed by atoms with Crippen molar-refractivity contribution in [2.75, 3.05) is 19.3 Å². The van der Waals surface area contributed by atoms with Crippen molar-refractivity contribution in [1.29, 1.82) is 0 Å². The van der Waals surface area contributed by atoms with Crippen molar-refractivity contribution in [2.24, 2.45) is 5.92 Å². The number of aliphatic carboxylic acids is 1. The summed E-state index contributed by atoms with van der Waals surface area (Å²) in [6.07, 6.45) is 5.68. The number of carbonyl (C=O) groups is 2. The first-order chi connectivity index (χ1) is 12.0. The maximum absolute atomic E-state index is 14.4. The van der Waals surface area contributed by atoms with Gasteiger partial charge in [0.2, 0.25) is 0 Å². The summed E-state index contributed by atoms with van der Waals surface area (Å²) in [7, 11) is 0. The van der Waals surface area contributed by atoms with Gasteiger partial charge < -0.3 is 5.11 Å². The van der Waals surface area contributed by atoms with Gasteiger partial charge in [0.1, 0.15) is 5.82 Å². The molecule has 0 aromatic heterocycles. The molecular formula is C19H22FNO3S. The molecule has 0 amide bonds. The molecule has 3 rings (SSSR count). The molecule has 0 radical (unpaired) electrons. The quantitative estimate of drug-likeness (QED) is 0.786. The maximum atomic E-state index is 14.4. The largest absolute Gasteiger partial charge is 0.478 e. The lowest BCUT2D eigenvalue weighted by atomic mass is 9.93. The van der Waals surface area contributed by atoms with Crippen LogP contribution in [0.25, 0.3) is 0 Å². The van der Waals surface area contributed by atoms with E-state index in [4.69, 9.17) is 5.11 Å². The van der Waals surface area contributed by atoms with Crippen LogP contribution in [0.3, 0.4) is 0 Å².